The molecule has 1 amide bonds. The highest BCUT2D eigenvalue weighted by atomic mass is 16.2. The predicted molar refractivity (Wildman–Crippen MR) is 155 cm³/mol. The van der Waals surface area contributed by atoms with E-state index in [0.717, 1.165) is 35.7 Å². The SMILES string of the molecule is NC(=O)c1cc(-c2nc3ccccc3n(C3CC4CCCC(C3)N4C3CC4CCCCC(C4)C3)c2=O)c[nH]c1=O. The van der Waals surface area contributed by atoms with Crippen LogP contribution in [0.4, 0.5) is 0 Å². The molecule has 0 spiro atoms. The van der Waals surface area contributed by atoms with E-state index in [1.54, 1.807) is 0 Å². The summed E-state index contributed by atoms with van der Waals surface area (Å²) in [5.41, 5.74) is 6.73. The average molecular weight is 542 g/mol. The van der Waals surface area contributed by atoms with Gasteiger partial charge in [-0.05, 0) is 75.0 Å². The monoisotopic (exact) mass is 541 g/mol. The van der Waals surface area contributed by atoms with Gasteiger partial charge in [-0.2, -0.15) is 0 Å². The second kappa shape index (κ2) is 10.3. The molecule has 4 atom stereocenters. The zero-order valence-electron chi connectivity index (χ0n) is 23.1. The van der Waals surface area contributed by atoms with Gasteiger partial charge in [0.15, 0.2) is 0 Å². The molecule has 2 aromatic heterocycles. The van der Waals surface area contributed by atoms with E-state index in [2.05, 4.69) is 9.88 Å². The van der Waals surface area contributed by atoms with Crippen molar-refractivity contribution in [3.05, 3.63) is 62.8 Å². The van der Waals surface area contributed by atoms with Gasteiger partial charge in [0.2, 0.25) is 0 Å². The van der Waals surface area contributed by atoms with Crippen LogP contribution in [0.1, 0.15) is 93.4 Å². The molecule has 2 saturated heterocycles. The number of amides is 1. The molecule has 3 aromatic rings. The topological polar surface area (TPSA) is 114 Å². The van der Waals surface area contributed by atoms with Gasteiger partial charge < -0.3 is 15.3 Å². The van der Waals surface area contributed by atoms with E-state index in [4.69, 9.17) is 10.7 Å². The van der Waals surface area contributed by atoms with Gasteiger partial charge in [0.25, 0.3) is 17.0 Å². The van der Waals surface area contributed by atoms with Crippen LogP contribution in [0.15, 0.2) is 46.1 Å². The summed E-state index contributed by atoms with van der Waals surface area (Å²) in [4.78, 5) is 48.4. The first-order chi connectivity index (χ1) is 19.5. The van der Waals surface area contributed by atoms with Crippen LogP contribution in [-0.4, -0.2) is 43.5 Å². The number of pyridine rings is 1. The molecular weight excluding hydrogens is 502 g/mol. The zero-order chi connectivity index (χ0) is 27.4. The molecule has 4 fully saturated rings. The molecule has 4 unspecified atom stereocenters. The van der Waals surface area contributed by atoms with Gasteiger partial charge in [-0.25, -0.2) is 4.98 Å². The van der Waals surface area contributed by atoms with Crippen LogP contribution in [0.25, 0.3) is 22.3 Å². The molecule has 3 N–H and O–H groups in total. The molecule has 4 heterocycles. The summed E-state index contributed by atoms with van der Waals surface area (Å²) in [7, 11) is 0. The largest absolute Gasteiger partial charge is 0.365 e. The lowest BCUT2D eigenvalue weighted by Gasteiger charge is -2.54. The molecular formula is C32H39N5O3. The normalized spacial score (nSPS) is 30.6. The molecule has 7 rings (SSSR count). The van der Waals surface area contributed by atoms with Crippen molar-refractivity contribution in [1.82, 2.24) is 19.4 Å². The molecule has 4 aliphatic rings. The number of hydrogen-bond acceptors (Lipinski definition) is 5. The number of primary amides is 1. The third kappa shape index (κ3) is 4.50. The number of H-pyrrole nitrogens is 1. The molecule has 8 heteroatoms. The van der Waals surface area contributed by atoms with Crippen molar-refractivity contribution in [2.24, 2.45) is 17.6 Å². The lowest BCUT2D eigenvalue weighted by atomic mass is 9.73. The number of benzene rings is 1. The van der Waals surface area contributed by atoms with Crippen molar-refractivity contribution in [3.63, 3.8) is 0 Å². The summed E-state index contributed by atoms with van der Waals surface area (Å²) >= 11 is 0. The Kier molecular flexibility index (Phi) is 6.61. The van der Waals surface area contributed by atoms with Crippen molar-refractivity contribution >= 4 is 16.9 Å². The quantitative estimate of drug-likeness (QED) is 0.494. The number of fused-ring (bicyclic) bond motifs is 5. The van der Waals surface area contributed by atoms with Gasteiger partial charge in [-0.15, -0.1) is 0 Å². The van der Waals surface area contributed by atoms with Gasteiger partial charge in [-0.3, -0.25) is 19.3 Å². The van der Waals surface area contributed by atoms with Crippen LogP contribution < -0.4 is 16.9 Å². The summed E-state index contributed by atoms with van der Waals surface area (Å²) in [5, 5.41) is 0. The van der Waals surface area contributed by atoms with E-state index < -0.39 is 11.5 Å². The summed E-state index contributed by atoms with van der Waals surface area (Å²) in [6, 6.07) is 11.0. The van der Waals surface area contributed by atoms with Gasteiger partial charge in [0.05, 0.1) is 11.0 Å². The van der Waals surface area contributed by atoms with Crippen LogP contribution >= 0.6 is 0 Å². The molecule has 2 aliphatic carbocycles. The number of piperidine rings is 2. The molecule has 2 aliphatic heterocycles. The number of nitrogens with one attached hydrogen (secondary N) is 1. The first-order valence-electron chi connectivity index (χ1n) is 15.3. The van der Waals surface area contributed by atoms with Crippen LogP contribution in [-0.2, 0) is 0 Å². The van der Waals surface area contributed by atoms with E-state index in [9.17, 15) is 14.4 Å². The second-order valence-corrected chi connectivity index (χ2v) is 12.8. The lowest BCUT2D eigenvalue weighted by molar-refractivity contribution is -0.0420. The average Bonchev–Trinajstić information content (AvgIpc) is 3.11. The second-order valence-electron chi connectivity index (χ2n) is 12.8. The number of carbonyl (C=O) groups is 1. The molecule has 2 saturated carbocycles. The summed E-state index contributed by atoms with van der Waals surface area (Å²) in [6.45, 7) is 0. The molecule has 1 aromatic carbocycles. The highest BCUT2D eigenvalue weighted by Gasteiger charge is 2.45. The van der Waals surface area contributed by atoms with Gasteiger partial charge in [0.1, 0.15) is 11.3 Å². The fraction of sp³-hybridized carbons (Fsp3) is 0.562. The molecule has 40 heavy (non-hydrogen) atoms. The zero-order valence-corrected chi connectivity index (χ0v) is 23.1. The maximum absolute atomic E-state index is 14.2. The standard InChI is InChI=1S/C32H39N5O3/c33-30(38)26-15-21(18-34-31(26)39)29-32(40)37(28-11-4-3-10-27(28)35-29)25-16-22-8-5-9-23(17-25)36(22)24-13-19-6-1-2-7-20(12-19)14-24/h3-4,10-11,15,18-20,22-25H,1-2,5-9,12-14,16-17H2,(H2,33,38)(H,34,39). The minimum atomic E-state index is -0.827. The number of carbonyl (C=O) groups excluding carboxylic acids is 1. The Bertz CT molecular complexity index is 1530. The molecule has 8 nitrogen and oxygen atoms in total. The Labute approximate surface area is 234 Å². The number of aromatic nitrogens is 3. The summed E-state index contributed by atoms with van der Waals surface area (Å²) in [5.74, 6) is 0.954. The fourth-order valence-electron chi connectivity index (χ4n) is 8.81. The highest BCUT2D eigenvalue weighted by molar-refractivity contribution is 5.93. The van der Waals surface area contributed by atoms with E-state index in [0.29, 0.717) is 23.7 Å². The van der Waals surface area contributed by atoms with Crippen molar-refractivity contribution in [1.29, 1.82) is 0 Å². The van der Waals surface area contributed by atoms with Gasteiger partial charge in [-0.1, -0.05) is 44.2 Å². The smallest absolute Gasteiger partial charge is 0.277 e. The minimum Gasteiger partial charge on any atom is -0.365 e. The lowest BCUT2D eigenvalue weighted by Crippen LogP contribution is -2.58. The van der Waals surface area contributed by atoms with Crippen molar-refractivity contribution < 1.29 is 4.79 Å². The number of nitrogens with two attached hydrogens (primary N) is 1. The Morgan fingerprint density at radius 3 is 2.25 bits per heavy atom. The number of hydrogen-bond donors (Lipinski definition) is 2. The maximum Gasteiger partial charge on any atom is 0.277 e. The summed E-state index contributed by atoms with van der Waals surface area (Å²) < 4.78 is 1.97. The first-order valence-corrected chi connectivity index (χ1v) is 15.3. The first kappa shape index (κ1) is 25.7. The predicted octanol–water partition coefficient (Wildman–Crippen LogP) is 4.77. The van der Waals surface area contributed by atoms with Crippen molar-refractivity contribution in [3.8, 4) is 11.3 Å². The van der Waals surface area contributed by atoms with Gasteiger partial charge >= 0.3 is 0 Å². The number of aromatic amines is 1. The maximum atomic E-state index is 14.2. The molecule has 210 valence electrons. The van der Waals surface area contributed by atoms with E-state index >= 15 is 0 Å². The highest BCUT2D eigenvalue weighted by Crippen LogP contribution is 2.47. The van der Waals surface area contributed by atoms with Gasteiger partial charge in [0, 0.05) is 35.9 Å². The number of nitrogens with zero attached hydrogens (tertiary/aromatic N) is 3. The Balaban J connectivity index is 1.26. The number of rotatable bonds is 4. The van der Waals surface area contributed by atoms with Crippen LogP contribution in [0.5, 0.6) is 0 Å². The van der Waals surface area contributed by atoms with Crippen LogP contribution in [0.3, 0.4) is 0 Å². The Morgan fingerprint density at radius 1 is 0.850 bits per heavy atom. The van der Waals surface area contributed by atoms with E-state index in [-0.39, 0.29) is 22.9 Å². The van der Waals surface area contributed by atoms with E-state index in [1.807, 2.05) is 28.8 Å². The third-order valence-corrected chi connectivity index (χ3v) is 10.4. The minimum absolute atomic E-state index is 0.0786. The Hall–Kier alpha value is -3.26. The van der Waals surface area contributed by atoms with Crippen molar-refractivity contribution in [2.75, 3.05) is 0 Å². The molecule has 0 radical (unpaired) electrons. The van der Waals surface area contributed by atoms with Crippen LogP contribution in [0.2, 0.25) is 0 Å². The van der Waals surface area contributed by atoms with Crippen LogP contribution in [0, 0.1) is 11.8 Å². The fourth-order valence-corrected chi connectivity index (χ4v) is 8.81. The van der Waals surface area contributed by atoms with E-state index in [1.165, 1.54) is 76.5 Å². The summed E-state index contributed by atoms with van der Waals surface area (Å²) in [6.07, 6.45) is 16.8. The molecule has 4 bridgehead atoms. The number of para-hydroxylation sites is 2. The Morgan fingerprint density at radius 2 is 1.55 bits per heavy atom. The third-order valence-electron chi connectivity index (χ3n) is 10.4. The van der Waals surface area contributed by atoms with Crippen molar-refractivity contribution in [2.45, 2.75) is 101 Å².